The number of rotatable bonds is 4. The lowest BCUT2D eigenvalue weighted by Gasteiger charge is -2.17. The molecule has 1 unspecified atom stereocenters. The zero-order valence-electron chi connectivity index (χ0n) is 11.5. The van der Waals surface area contributed by atoms with Crippen molar-refractivity contribution in [2.75, 3.05) is 17.2 Å². The van der Waals surface area contributed by atoms with Crippen LogP contribution < -0.4 is 4.90 Å². The van der Waals surface area contributed by atoms with Crippen LogP contribution in [0.2, 0.25) is 0 Å². The molecule has 0 saturated carbocycles. The number of benzene rings is 1. The van der Waals surface area contributed by atoms with E-state index in [0.717, 1.165) is 16.7 Å². The summed E-state index contributed by atoms with van der Waals surface area (Å²) in [6.45, 7) is 1.53. The Morgan fingerprint density at radius 1 is 1.45 bits per heavy atom. The van der Waals surface area contributed by atoms with E-state index in [2.05, 4.69) is 0 Å². The summed E-state index contributed by atoms with van der Waals surface area (Å²) in [5.41, 5.74) is -0.920. The number of halogens is 2. The second kappa shape index (κ2) is 6.39. The third-order valence-corrected chi connectivity index (χ3v) is 4.28. The molecule has 9 heteroatoms. The van der Waals surface area contributed by atoms with E-state index in [0.29, 0.717) is 17.9 Å². The highest BCUT2D eigenvalue weighted by molar-refractivity contribution is 8.13. The predicted octanol–water partition coefficient (Wildman–Crippen LogP) is 2.51. The molecule has 1 amide bonds. The Labute approximate surface area is 128 Å². The van der Waals surface area contributed by atoms with Gasteiger partial charge in [-0.3, -0.25) is 19.7 Å². The number of nitro benzene ring substituents is 1. The van der Waals surface area contributed by atoms with Crippen LogP contribution in [0, 0.1) is 27.7 Å². The van der Waals surface area contributed by atoms with E-state index in [1.54, 1.807) is 0 Å². The number of hydrogen-bond acceptors (Lipinski definition) is 5. The Bertz CT molecular complexity index is 653. The van der Waals surface area contributed by atoms with Crippen LogP contribution in [0.25, 0.3) is 0 Å². The van der Waals surface area contributed by atoms with Gasteiger partial charge < -0.3 is 4.90 Å². The molecule has 0 aromatic heterocycles. The summed E-state index contributed by atoms with van der Waals surface area (Å²) in [7, 11) is 0. The predicted molar refractivity (Wildman–Crippen MR) is 76.6 cm³/mol. The summed E-state index contributed by atoms with van der Waals surface area (Å²) in [6.07, 6.45) is 0.108. The van der Waals surface area contributed by atoms with Crippen LogP contribution in [-0.4, -0.2) is 28.2 Å². The topological polar surface area (TPSA) is 80.5 Å². The van der Waals surface area contributed by atoms with E-state index < -0.39 is 28.2 Å². The summed E-state index contributed by atoms with van der Waals surface area (Å²) in [5.74, 6) is -2.78. The smallest absolute Gasteiger partial charge is 0.296 e. The minimum absolute atomic E-state index is 0.0929. The number of anilines is 1. The first-order valence-corrected chi connectivity index (χ1v) is 7.35. The number of thioether (sulfide) groups is 1. The largest absolute Gasteiger partial charge is 0.306 e. The molecule has 1 heterocycles. The van der Waals surface area contributed by atoms with Crippen molar-refractivity contribution in [3.63, 3.8) is 0 Å². The molecule has 1 fully saturated rings. The zero-order valence-corrected chi connectivity index (χ0v) is 12.4. The van der Waals surface area contributed by atoms with Gasteiger partial charge in [-0.2, -0.15) is 0 Å². The summed E-state index contributed by atoms with van der Waals surface area (Å²) in [4.78, 5) is 34.1. The van der Waals surface area contributed by atoms with E-state index in [1.165, 1.54) is 6.92 Å². The molecule has 0 radical (unpaired) electrons. The van der Waals surface area contributed by atoms with Gasteiger partial charge in [0.15, 0.2) is 16.7 Å². The van der Waals surface area contributed by atoms with Gasteiger partial charge in [0.1, 0.15) is 5.69 Å². The van der Waals surface area contributed by atoms with Gasteiger partial charge in [0.2, 0.25) is 5.91 Å². The Kier molecular flexibility index (Phi) is 4.74. The number of hydrogen-bond donors (Lipinski definition) is 0. The van der Waals surface area contributed by atoms with Crippen LogP contribution in [0.4, 0.5) is 20.2 Å². The molecule has 6 nitrogen and oxygen atoms in total. The van der Waals surface area contributed by atoms with E-state index >= 15 is 0 Å². The molecule has 0 N–H and O–H groups in total. The lowest BCUT2D eigenvalue weighted by Crippen LogP contribution is -2.26. The Morgan fingerprint density at radius 2 is 2.09 bits per heavy atom. The molecule has 118 valence electrons. The molecule has 1 atom stereocenters. The first kappa shape index (κ1) is 16.3. The maximum atomic E-state index is 13.4. The van der Waals surface area contributed by atoms with Gasteiger partial charge in [0, 0.05) is 31.7 Å². The third-order valence-electron chi connectivity index (χ3n) is 3.23. The molecule has 0 aliphatic carbocycles. The Hall–Kier alpha value is -2.03. The normalized spacial score (nSPS) is 17.9. The van der Waals surface area contributed by atoms with Crippen molar-refractivity contribution in [1.29, 1.82) is 0 Å². The second-order valence-corrected chi connectivity index (χ2v) is 6.09. The molecular formula is C13H12F2N2O4S. The quantitative estimate of drug-likeness (QED) is 0.626. The van der Waals surface area contributed by atoms with Crippen molar-refractivity contribution in [2.24, 2.45) is 5.92 Å². The molecule has 0 bridgehead atoms. The van der Waals surface area contributed by atoms with Crippen LogP contribution in [-0.2, 0) is 9.59 Å². The third kappa shape index (κ3) is 3.41. The van der Waals surface area contributed by atoms with Gasteiger partial charge in [0.25, 0.3) is 5.69 Å². The molecule has 1 aliphatic rings. The standard InChI is InChI=1S/C13H12F2N2O4S/c1-7(18)22-6-8-2-13(19)16(5-8)11-3-9(14)10(15)4-12(11)17(20)21/h3-4,8H,2,5-6H2,1H3. The number of carbonyl (C=O) groups is 2. The van der Waals surface area contributed by atoms with E-state index in [1.807, 2.05) is 0 Å². The fraction of sp³-hybridized carbons (Fsp3) is 0.385. The van der Waals surface area contributed by atoms with Gasteiger partial charge >= 0.3 is 0 Å². The first-order valence-electron chi connectivity index (χ1n) is 6.36. The van der Waals surface area contributed by atoms with E-state index in [4.69, 9.17) is 0 Å². The highest BCUT2D eigenvalue weighted by Gasteiger charge is 2.35. The highest BCUT2D eigenvalue weighted by atomic mass is 32.2. The Balaban J connectivity index is 2.28. The van der Waals surface area contributed by atoms with Gasteiger partial charge in [-0.25, -0.2) is 8.78 Å². The molecule has 22 heavy (non-hydrogen) atoms. The maximum Gasteiger partial charge on any atom is 0.296 e. The molecule has 1 aliphatic heterocycles. The van der Waals surface area contributed by atoms with Crippen molar-refractivity contribution in [3.05, 3.63) is 33.9 Å². The molecule has 0 spiro atoms. The zero-order chi connectivity index (χ0) is 16.4. The van der Waals surface area contributed by atoms with Crippen LogP contribution >= 0.6 is 11.8 Å². The van der Waals surface area contributed by atoms with E-state index in [-0.39, 0.29) is 29.7 Å². The van der Waals surface area contributed by atoms with Crippen molar-refractivity contribution in [2.45, 2.75) is 13.3 Å². The molecular weight excluding hydrogens is 318 g/mol. The summed E-state index contributed by atoms with van der Waals surface area (Å²) >= 11 is 1.06. The lowest BCUT2D eigenvalue weighted by molar-refractivity contribution is -0.384. The van der Waals surface area contributed by atoms with Crippen LogP contribution in [0.15, 0.2) is 12.1 Å². The summed E-state index contributed by atoms with van der Waals surface area (Å²) in [6, 6.07) is 1.13. The van der Waals surface area contributed by atoms with Crippen molar-refractivity contribution in [1.82, 2.24) is 0 Å². The number of amides is 1. The minimum atomic E-state index is -1.34. The fourth-order valence-electron chi connectivity index (χ4n) is 2.25. The second-order valence-electron chi connectivity index (χ2n) is 4.89. The van der Waals surface area contributed by atoms with Gasteiger partial charge in [-0.05, 0) is 5.92 Å². The minimum Gasteiger partial charge on any atom is -0.306 e. The van der Waals surface area contributed by atoms with Crippen molar-refractivity contribution >= 4 is 34.2 Å². The van der Waals surface area contributed by atoms with E-state index in [9.17, 15) is 28.5 Å². The molecule has 1 aromatic rings. The number of nitrogens with zero attached hydrogens (tertiary/aromatic N) is 2. The summed E-state index contributed by atoms with van der Waals surface area (Å²) < 4.78 is 26.5. The van der Waals surface area contributed by atoms with Crippen LogP contribution in [0.3, 0.4) is 0 Å². The fourth-order valence-corrected chi connectivity index (χ4v) is 2.94. The SMILES string of the molecule is CC(=O)SCC1CC(=O)N(c2cc(F)c(F)cc2[N+](=O)[O-])C1. The highest BCUT2D eigenvalue weighted by Crippen LogP contribution is 2.35. The van der Waals surface area contributed by atoms with Crippen LogP contribution in [0.5, 0.6) is 0 Å². The first-order chi connectivity index (χ1) is 10.3. The summed E-state index contributed by atoms with van der Waals surface area (Å²) in [5, 5.41) is 10.9. The van der Waals surface area contributed by atoms with Gasteiger partial charge in [-0.1, -0.05) is 11.8 Å². The van der Waals surface area contributed by atoms with Crippen molar-refractivity contribution < 1.29 is 23.3 Å². The monoisotopic (exact) mass is 330 g/mol. The number of carbonyl (C=O) groups excluding carboxylic acids is 2. The molecule has 1 saturated heterocycles. The molecule has 1 aromatic carbocycles. The average Bonchev–Trinajstić information content (AvgIpc) is 2.80. The number of nitro groups is 1. The average molecular weight is 330 g/mol. The van der Waals surface area contributed by atoms with Crippen LogP contribution in [0.1, 0.15) is 13.3 Å². The Morgan fingerprint density at radius 3 is 2.68 bits per heavy atom. The lowest BCUT2D eigenvalue weighted by atomic mass is 10.1. The van der Waals surface area contributed by atoms with Gasteiger partial charge in [0.05, 0.1) is 11.0 Å². The molecule has 2 rings (SSSR count). The van der Waals surface area contributed by atoms with Crippen molar-refractivity contribution in [3.8, 4) is 0 Å². The van der Waals surface area contributed by atoms with Gasteiger partial charge in [-0.15, -0.1) is 0 Å². The maximum absolute atomic E-state index is 13.4.